The molecule has 2 aromatic rings. The van der Waals surface area contributed by atoms with E-state index >= 15 is 0 Å². The van der Waals surface area contributed by atoms with Crippen molar-refractivity contribution in [1.82, 2.24) is 10.3 Å². The Bertz CT molecular complexity index is 642. The van der Waals surface area contributed by atoms with Gasteiger partial charge in [-0.3, -0.25) is 0 Å². The van der Waals surface area contributed by atoms with Crippen LogP contribution in [0, 0.1) is 5.82 Å². The van der Waals surface area contributed by atoms with Gasteiger partial charge in [-0.2, -0.15) is 0 Å². The number of ether oxygens (including phenoxy) is 1. The van der Waals surface area contributed by atoms with Gasteiger partial charge >= 0.3 is 0 Å². The number of anilines is 1. The summed E-state index contributed by atoms with van der Waals surface area (Å²) in [6, 6.07) is 7.83. The van der Waals surface area contributed by atoms with E-state index in [1.54, 1.807) is 24.5 Å². The van der Waals surface area contributed by atoms with Crippen molar-refractivity contribution in [2.75, 3.05) is 5.73 Å². The molecule has 3 rings (SSSR count). The van der Waals surface area contributed by atoms with Crippen LogP contribution < -0.4 is 15.8 Å². The number of hydrogen-bond acceptors (Lipinski definition) is 4. The molecule has 1 aliphatic rings. The number of rotatable bonds is 2. The first-order valence-electron chi connectivity index (χ1n) is 5.83. The molecule has 0 fully saturated rings. The second-order valence-electron chi connectivity index (χ2n) is 4.15. The lowest BCUT2D eigenvalue weighted by Crippen LogP contribution is -2.26. The number of aromatic nitrogens is 1. The molecule has 0 bridgehead atoms. The molecule has 0 saturated carbocycles. The Balaban J connectivity index is 1.94. The van der Waals surface area contributed by atoms with Gasteiger partial charge in [0.15, 0.2) is 6.23 Å². The predicted octanol–water partition coefficient (Wildman–Crippen LogP) is 2.45. The standard InChI is InChI=1S/C14H12FN3O/c15-10-2-1-3-11(8-10)19-14-12-9(5-7-18-14)4-6-17-13(12)16/h1-8,14,18H,(H2,16,17). The molecule has 3 N–H and O–H groups in total. The van der Waals surface area contributed by atoms with Crippen molar-refractivity contribution in [1.29, 1.82) is 0 Å². The Morgan fingerprint density at radius 3 is 3.05 bits per heavy atom. The number of nitrogens with one attached hydrogen (secondary N) is 1. The molecule has 5 heteroatoms. The summed E-state index contributed by atoms with van der Waals surface area (Å²) in [7, 11) is 0. The third-order valence-electron chi connectivity index (χ3n) is 2.88. The average Bonchev–Trinajstić information content (AvgIpc) is 2.39. The van der Waals surface area contributed by atoms with Gasteiger partial charge in [-0.05, 0) is 29.8 Å². The summed E-state index contributed by atoms with van der Waals surface area (Å²) < 4.78 is 18.9. The van der Waals surface area contributed by atoms with Gasteiger partial charge in [-0.25, -0.2) is 9.37 Å². The third kappa shape index (κ3) is 2.22. The van der Waals surface area contributed by atoms with E-state index in [2.05, 4.69) is 10.3 Å². The summed E-state index contributed by atoms with van der Waals surface area (Å²) in [5, 5.41) is 3.04. The summed E-state index contributed by atoms with van der Waals surface area (Å²) in [6.07, 6.45) is 4.82. The van der Waals surface area contributed by atoms with Crippen molar-refractivity contribution in [3.8, 4) is 5.75 Å². The topological polar surface area (TPSA) is 60.2 Å². The predicted molar refractivity (Wildman–Crippen MR) is 70.6 cm³/mol. The summed E-state index contributed by atoms with van der Waals surface area (Å²) in [4.78, 5) is 4.05. The highest BCUT2D eigenvalue weighted by Crippen LogP contribution is 2.29. The summed E-state index contributed by atoms with van der Waals surface area (Å²) in [6.45, 7) is 0. The molecule has 0 amide bonds. The van der Waals surface area contributed by atoms with Crippen molar-refractivity contribution >= 4 is 11.9 Å². The van der Waals surface area contributed by atoms with Gasteiger partial charge in [0.1, 0.15) is 17.4 Å². The SMILES string of the molecule is Nc1nccc2c1C(Oc1cccc(F)c1)NC=C2. The van der Waals surface area contributed by atoms with Crippen LogP contribution in [0.3, 0.4) is 0 Å². The zero-order valence-corrected chi connectivity index (χ0v) is 10.0. The number of fused-ring (bicyclic) bond motifs is 1. The Labute approximate surface area is 109 Å². The van der Waals surface area contributed by atoms with Crippen LogP contribution in [0.4, 0.5) is 10.2 Å². The monoisotopic (exact) mass is 257 g/mol. The lowest BCUT2D eigenvalue weighted by Gasteiger charge is -2.25. The molecule has 1 aromatic heterocycles. The quantitative estimate of drug-likeness (QED) is 0.867. The fourth-order valence-electron chi connectivity index (χ4n) is 2.01. The number of nitrogen functional groups attached to an aromatic ring is 1. The van der Waals surface area contributed by atoms with Crippen LogP contribution in [0.5, 0.6) is 5.75 Å². The minimum Gasteiger partial charge on any atom is -0.466 e. The maximum atomic E-state index is 13.1. The molecule has 19 heavy (non-hydrogen) atoms. The molecule has 0 radical (unpaired) electrons. The van der Waals surface area contributed by atoms with Gasteiger partial charge in [-0.15, -0.1) is 0 Å². The van der Waals surface area contributed by atoms with E-state index in [0.29, 0.717) is 11.6 Å². The first-order chi connectivity index (χ1) is 9.24. The fourth-order valence-corrected chi connectivity index (χ4v) is 2.01. The minimum atomic E-state index is -0.476. The van der Waals surface area contributed by atoms with Gasteiger partial charge < -0.3 is 15.8 Å². The Morgan fingerprint density at radius 2 is 2.21 bits per heavy atom. The Morgan fingerprint density at radius 1 is 1.32 bits per heavy atom. The molecule has 1 unspecified atom stereocenters. The maximum absolute atomic E-state index is 13.1. The van der Waals surface area contributed by atoms with E-state index in [4.69, 9.17) is 10.5 Å². The molecule has 1 aliphatic heterocycles. The van der Waals surface area contributed by atoms with Gasteiger partial charge in [0, 0.05) is 18.5 Å². The number of halogens is 1. The average molecular weight is 257 g/mol. The summed E-state index contributed by atoms with van der Waals surface area (Å²) >= 11 is 0. The van der Waals surface area contributed by atoms with Gasteiger partial charge in [0.05, 0.1) is 5.56 Å². The molecule has 0 aliphatic carbocycles. The van der Waals surface area contributed by atoms with E-state index in [-0.39, 0.29) is 5.82 Å². The normalized spacial score (nSPS) is 16.6. The second kappa shape index (κ2) is 4.61. The molecule has 96 valence electrons. The van der Waals surface area contributed by atoms with Crippen LogP contribution >= 0.6 is 0 Å². The van der Waals surface area contributed by atoms with Crippen molar-refractivity contribution in [3.63, 3.8) is 0 Å². The van der Waals surface area contributed by atoms with E-state index in [9.17, 15) is 4.39 Å². The van der Waals surface area contributed by atoms with Crippen LogP contribution in [0.1, 0.15) is 17.4 Å². The molecule has 0 saturated heterocycles. The minimum absolute atomic E-state index is 0.344. The lowest BCUT2D eigenvalue weighted by molar-refractivity contribution is 0.182. The van der Waals surface area contributed by atoms with Crippen LogP contribution in [0.25, 0.3) is 6.08 Å². The smallest absolute Gasteiger partial charge is 0.200 e. The molecule has 2 heterocycles. The molecule has 4 nitrogen and oxygen atoms in total. The number of nitrogens with zero attached hydrogens (tertiary/aromatic N) is 1. The van der Waals surface area contributed by atoms with Gasteiger partial charge in [0.25, 0.3) is 0 Å². The Kier molecular flexibility index (Phi) is 2.79. The second-order valence-corrected chi connectivity index (χ2v) is 4.15. The van der Waals surface area contributed by atoms with Crippen LogP contribution in [0.15, 0.2) is 42.7 Å². The van der Waals surface area contributed by atoms with E-state index in [1.807, 2.05) is 12.1 Å². The van der Waals surface area contributed by atoms with Crippen LogP contribution in [0.2, 0.25) is 0 Å². The third-order valence-corrected chi connectivity index (χ3v) is 2.88. The number of hydrogen-bond donors (Lipinski definition) is 2. The molecule has 0 spiro atoms. The van der Waals surface area contributed by atoms with Crippen LogP contribution in [-0.4, -0.2) is 4.98 Å². The number of benzene rings is 1. The first kappa shape index (κ1) is 11.5. The highest BCUT2D eigenvalue weighted by Gasteiger charge is 2.21. The summed E-state index contributed by atoms with van der Waals surface area (Å²) in [5.74, 6) is 0.487. The zero-order chi connectivity index (χ0) is 13.2. The molecule has 1 aromatic carbocycles. The molecular formula is C14H12FN3O. The first-order valence-corrected chi connectivity index (χ1v) is 5.83. The van der Waals surface area contributed by atoms with Gasteiger partial charge in [0.2, 0.25) is 0 Å². The van der Waals surface area contributed by atoms with E-state index in [0.717, 1.165) is 11.1 Å². The Hall–Kier alpha value is -2.56. The van der Waals surface area contributed by atoms with E-state index < -0.39 is 6.23 Å². The van der Waals surface area contributed by atoms with Crippen molar-refractivity contribution in [2.45, 2.75) is 6.23 Å². The largest absolute Gasteiger partial charge is 0.466 e. The number of nitrogens with two attached hydrogens (primary N) is 1. The van der Waals surface area contributed by atoms with Gasteiger partial charge in [-0.1, -0.05) is 6.07 Å². The van der Waals surface area contributed by atoms with Crippen molar-refractivity contribution in [3.05, 3.63) is 59.7 Å². The fraction of sp³-hybridized carbons (Fsp3) is 0.0714. The molecular weight excluding hydrogens is 245 g/mol. The molecule has 1 atom stereocenters. The van der Waals surface area contributed by atoms with Crippen molar-refractivity contribution < 1.29 is 9.13 Å². The zero-order valence-electron chi connectivity index (χ0n) is 10.0. The lowest BCUT2D eigenvalue weighted by atomic mass is 10.1. The maximum Gasteiger partial charge on any atom is 0.200 e. The summed E-state index contributed by atoms with van der Waals surface area (Å²) in [5.41, 5.74) is 7.57. The highest BCUT2D eigenvalue weighted by molar-refractivity contribution is 5.62. The van der Waals surface area contributed by atoms with Crippen LogP contribution in [-0.2, 0) is 0 Å². The highest BCUT2D eigenvalue weighted by atomic mass is 19.1. The van der Waals surface area contributed by atoms with Crippen molar-refractivity contribution in [2.24, 2.45) is 0 Å². The van der Waals surface area contributed by atoms with E-state index in [1.165, 1.54) is 12.1 Å². The number of pyridine rings is 1.